The maximum Gasteiger partial charge on any atom is 0.291 e. The van der Waals surface area contributed by atoms with Gasteiger partial charge in [0.05, 0.1) is 43.4 Å². The number of hydrogen-bond donors (Lipinski definition) is 2. The highest BCUT2D eigenvalue weighted by Crippen LogP contribution is 2.20. The van der Waals surface area contributed by atoms with Crippen molar-refractivity contribution < 1.29 is 14.1 Å². The number of nitrogens with one attached hydrogen (secondary N) is 2. The summed E-state index contributed by atoms with van der Waals surface area (Å²) in [6, 6.07) is 9.20. The minimum absolute atomic E-state index is 0.251. The molecule has 2 N–H and O–H groups in total. The second kappa shape index (κ2) is 7.56. The van der Waals surface area contributed by atoms with Gasteiger partial charge in [-0.1, -0.05) is 6.92 Å². The average molecular weight is 367 g/mol. The fourth-order valence-corrected chi connectivity index (χ4v) is 3.86. The number of imidazole rings is 1. The Morgan fingerprint density at radius 3 is 2.89 bits per heavy atom. The van der Waals surface area contributed by atoms with E-state index in [0.717, 1.165) is 41.4 Å². The summed E-state index contributed by atoms with van der Waals surface area (Å²) in [7, 11) is 2.07. The van der Waals surface area contributed by atoms with Gasteiger partial charge in [0.25, 0.3) is 5.91 Å². The van der Waals surface area contributed by atoms with Crippen LogP contribution in [-0.4, -0.2) is 35.1 Å². The molecule has 1 saturated heterocycles. The molecule has 27 heavy (non-hydrogen) atoms. The topological polar surface area (TPSA) is 64.5 Å². The molecule has 0 bridgehead atoms. The Morgan fingerprint density at radius 1 is 1.33 bits per heavy atom. The fourth-order valence-electron chi connectivity index (χ4n) is 3.86. The predicted octanol–water partition coefficient (Wildman–Crippen LogP) is 2.28. The van der Waals surface area contributed by atoms with Crippen LogP contribution >= 0.6 is 0 Å². The van der Waals surface area contributed by atoms with Gasteiger partial charge < -0.3 is 19.2 Å². The van der Waals surface area contributed by atoms with E-state index in [2.05, 4.69) is 23.9 Å². The molecule has 4 rings (SSSR count). The van der Waals surface area contributed by atoms with Gasteiger partial charge in [-0.3, -0.25) is 4.79 Å². The van der Waals surface area contributed by atoms with Crippen LogP contribution in [0.25, 0.3) is 11.0 Å². The van der Waals surface area contributed by atoms with Gasteiger partial charge in [-0.05, 0) is 49.1 Å². The van der Waals surface area contributed by atoms with E-state index in [9.17, 15) is 4.79 Å². The highest BCUT2D eigenvalue weighted by atomic mass is 16.3. The number of likely N-dealkylation sites (tertiary alicyclic amines) is 1. The molecule has 1 aliphatic rings. The number of aryl methyl sites for hydroxylation is 1. The molecule has 3 heterocycles. The summed E-state index contributed by atoms with van der Waals surface area (Å²) in [5.74, 6) is 2.03. The maximum atomic E-state index is 12.2. The average Bonchev–Trinajstić information content (AvgIpc) is 3.30. The van der Waals surface area contributed by atoms with Crippen LogP contribution in [0.4, 0.5) is 5.69 Å². The first-order valence-corrected chi connectivity index (χ1v) is 9.74. The summed E-state index contributed by atoms with van der Waals surface area (Å²) >= 11 is 0. The van der Waals surface area contributed by atoms with Crippen LogP contribution in [0.5, 0.6) is 0 Å². The SMILES string of the molecule is CC1CC[NH+](CCc2nc3cc(NC(=O)c4ccco4)ccc3n2C)CC1. The molecule has 1 aliphatic heterocycles. The molecule has 1 fully saturated rings. The Kier molecular flexibility index (Phi) is 4.99. The Morgan fingerprint density at radius 2 is 2.15 bits per heavy atom. The van der Waals surface area contributed by atoms with Crippen molar-refractivity contribution in [1.82, 2.24) is 9.55 Å². The standard InChI is InChI=1S/C21H26N4O2/c1-15-7-10-25(11-8-15)12-9-20-23-17-14-16(5-6-18(17)24(20)2)22-21(26)19-4-3-13-27-19/h3-6,13-15H,7-12H2,1-2H3,(H,22,26)/p+1. The smallest absolute Gasteiger partial charge is 0.291 e. The number of fused-ring (bicyclic) bond motifs is 1. The Balaban J connectivity index is 1.45. The van der Waals surface area contributed by atoms with Crippen LogP contribution < -0.4 is 10.2 Å². The summed E-state index contributed by atoms with van der Waals surface area (Å²) in [6.07, 6.45) is 5.13. The fraction of sp³-hybridized carbons (Fsp3) is 0.429. The number of carbonyl (C=O) groups excluding carboxylic acids is 1. The number of benzene rings is 1. The first kappa shape index (κ1) is 17.8. The minimum Gasteiger partial charge on any atom is -0.459 e. The highest BCUT2D eigenvalue weighted by Gasteiger charge is 2.19. The van der Waals surface area contributed by atoms with E-state index in [4.69, 9.17) is 9.40 Å². The number of aromatic nitrogens is 2. The number of anilines is 1. The summed E-state index contributed by atoms with van der Waals surface area (Å²) in [4.78, 5) is 18.7. The Labute approximate surface area is 159 Å². The first-order valence-electron chi connectivity index (χ1n) is 9.74. The van der Waals surface area contributed by atoms with Crippen molar-refractivity contribution in [2.24, 2.45) is 13.0 Å². The van der Waals surface area contributed by atoms with Crippen molar-refractivity contribution in [3.63, 3.8) is 0 Å². The second-order valence-electron chi connectivity index (χ2n) is 7.65. The lowest BCUT2D eigenvalue weighted by Crippen LogP contribution is -3.13. The molecule has 0 saturated carbocycles. The van der Waals surface area contributed by atoms with Gasteiger partial charge >= 0.3 is 0 Å². The third-order valence-corrected chi connectivity index (χ3v) is 5.66. The molecule has 142 valence electrons. The van der Waals surface area contributed by atoms with E-state index in [1.807, 2.05) is 18.2 Å². The zero-order chi connectivity index (χ0) is 18.8. The first-order chi connectivity index (χ1) is 13.1. The van der Waals surface area contributed by atoms with Crippen molar-refractivity contribution in [3.05, 3.63) is 48.2 Å². The summed E-state index contributed by atoms with van der Waals surface area (Å²) in [5.41, 5.74) is 2.72. The van der Waals surface area contributed by atoms with E-state index in [-0.39, 0.29) is 5.91 Å². The number of carbonyl (C=O) groups is 1. The van der Waals surface area contributed by atoms with E-state index in [0.29, 0.717) is 5.76 Å². The molecule has 6 heteroatoms. The zero-order valence-electron chi connectivity index (χ0n) is 16.0. The molecule has 2 aromatic heterocycles. The van der Waals surface area contributed by atoms with Gasteiger partial charge in [0, 0.05) is 12.7 Å². The van der Waals surface area contributed by atoms with E-state index < -0.39 is 0 Å². The lowest BCUT2D eigenvalue weighted by molar-refractivity contribution is -0.906. The van der Waals surface area contributed by atoms with Crippen LogP contribution in [0, 0.1) is 5.92 Å². The van der Waals surface area contributed by atoms with Crippen LogP contribution in [0.2, 0.25) is 0 Å². The largest absolute Gasteiger partial charge is 0.459 e. The molecule has 0 aliphatic carbocycles. The van der Waals surface area contributed by atoms with E-state index >= 15 is 0 Å². The lowest BCUT2D eigenvalue weighted by atomic mass is 9.99. The summed E-state index contributed by atoms with van der Waals surface area (Å²) in [6.45, 7) is 6.03. The maximum absolute atomic E-state index is 12.2. The summed E-state index contributed by atoms with van der Waals surface area (Å²) < 4.78 is 7.31. The monoisotopic (exact) mass is 367 g/mol. The van der Waals surface area contributed by atoms with Gasteiger partial charge in [0.1, 0.15) is 5.82 Å². The van der Waals surface area contributed by atoms with Gasteiger partial charge in [0.2, 0.25) is 0 Å². The van der Waals surface area contributed by atoms with Crippen molar-refractivity contribution in [3.8, 4) is 0 Å². The van der Waals surface area contributed by atoms with Gasteiger partial charge in [-0.15, -0.1) is 0 Å². The number of hydrogen-bond acceptors (Lipinski definition) is 3. The van der Waals surface area contributed by atoms with Crippen LogP contribution in [-0.2, 0) is 13.5 Å². The minimum atomic E-state index is -0.251. The van der Waals surface area contributed by atoms with Gasteiger partial charge in [-0.25, -0.2) is 4.98 Å². The number of quaternary nitrogens is 1. The Bertz CT molecular complexity index is 921. The van der Waals surface area contributed by atoms with Crippen molar-refractivity contribution in [1.29, 1.82) is 0 Å². The highest BCUT2D eigenvalue weighted by molar-refractivity contribution is 6.03. The molecule has 0 spiro atoms. The summed E-state index contributed by atoms with van der Waals surface area (Å²) in [5, 5.41) is 2.87. The molecule has 1 aromatic carbocycles. The number of rotatable bonds is 5. The number of piperidine rings is 1. The van der Waals surface area contributed by atoms with Crippen LogP contribution in [0.3, 0.4) is 0 Å². The van der Waals surface area contributed by atoms with Crippen LogP contribution in [0.1, 0.15) is 36.1 Å². The lowest BCUT2D eigenvalue weighted by Gasteiger charge is -2.27. The molecule has 6 nitrogen and oxygen atoms in total. The number of furan rings is 1. The van der Waals surface area contributed by atoms with Crippen LogP contribution in [0.15, 0.2) is 41.0 Å². The van der Waals surface area contributed by atoms with Crippen molar-refractivity contribution in [2.75, 3.05) is 25.0 Å². The predicted molar refractivity (Wildman–Crippen MR) is 105 cm³/mol. The molecular formula is C21H27N4O2+. The second-order valence-corrected chi connectivity index (χ2v) is 7.65. The van der Waals surface area contributed by atoms with E-state index in [1.54, 1.807) is 17.0 Å². The Hall–Kier alpha value is -2.60. The molecule has 0 atom stereocenters. The molecule has 0 unspecified atom stereocenters. The third-order valence-electron chi connectivity index (χ3n) is 5.66. The number of amides is 1. The molecule has 1 amide bonds. The third kappa shape index (κ3) is 3.90. The van der Waals surface area contributed by atoms with Gasteiger partial charge in [-0.2, -0.15) is 0 Å². The van der Waals surface area contributed by atoms with Crippen molar-refractivity contribution in [2.45, 2.75) is 26.2 Å². The molecular weight excluding hydrogens is 340 g/mol. The normalized spacial score (nSPS) is 20.1. The zero-order valence-corrected chi connectivity index (χ0v) is 16.0. The molecule has 3 aromatic rings. The molecule has 0 radical (unpaired) electrons. The van der Waals surface area contributed by atoms with E-state index in [1.165, 1.54) is 32.2 Å². The quantitative estimate of drug-likeness (QED) is 0.727. The van der Waals surface area contributed by atoms with Crippen molar-refractivity contribution >= 4 is 22.6 Å². The van der Waals surface area contributed by atoms with Gasteiger partial charge in [0.15, 0.2) is 5.76 Å². The number of nitrogens with zero attached hydrogens (tertiary/aromatic N) is 2.